The number of pyridine rings is 1. The lowest BCUT2D eigenvalue weighted by molar-refractivity contribution is -0.128. The lowest BCUT2D eigenvalue weighted by Crippen LogP contribution is -2.27. The van der Waals surface area contributed by atoms with Gasteiger partial charge in [0.25, 0.3) is 0 Å². The summed E-state index contributed by atoms with van der Waals surface area (Å²) in [7, 11) is 0. The fourth-order valence-corrected chi connectivity index (χ4v) is 3.65. The maximum absolute atomic E-state index is 11.9. The van der Waals surface area contributed by atoms with Gasteiger partial charge in [0.15, 0.2) is 0 Å². The van der Waals surface area contributed by atoms with Crippen LogP contribution in [-0.4, -0.2) is 43.3 Å². The van der Waals surface area contributed by atoms with E-state index < -0.39 is 0 Å². The first-order valence-electron chi connectivity index (χ1n) is 8.71. The average molecular weight is 325 g/mol. The molecule has 4 rings (SSSR count). The van der Waals surface area contributed by atoms with Crippen molar-refractivity contribution in [3.63, 3.8) is 0 Å². The van der Waals surface area contributed by atoms with Crippen LogP contribution in [0.1, 0.15) is 36.2 Å². The van der Waals surface area contributed by atoms with E-state index >= 15 is 0 Å². The van der Waals surface area contributed by atoms with Gasteiger partial charge in [-0.05, 0) is 24.5 Å². The van der Waals surface area contributed by atoms with Crippen LogP contribution in [0.2, 0.25) is 0 Å². The molecule has 126 valence electrons. The molecule has 2 aliphatic rings. The molecule has 0 spiro atoms. The summed E-state index contributed by atoms with van der Waals surface area (Å²) in [6.45, 7) is 5.37. The minimum Gasteiger partial charge on any atom is -0.337 e. The number of hydrogen-bond acceptors (Lipinski definition) is 4. The summed E-state index contributed by atoms with van der Waals surface area (Å²) in [6.07, 6.45) is 8.47. The Hall–Kier alpha value is -2.21. The Bertz CT molecular complexity index is 711. The van der Waals surface area contributed by atoms with Crippen LogP contribution in [0.4, 0.5) is 0 Å². The Morgan fingerprint density at radius 1 is 1.12 bits per heavy atom. The van der Waals surface area contributed by atoms with Crippen molar-refractivity contribution in [2.75, 3.05) is 13.1 Å². The molecule has 0 aromatic carbocycles. The third-order valence-corrected chi connectivity index (χ3v) is 4.92. The van der Waals surface area contributed by atoms with Crippen molar-refractivity contribution < 1.29 is 4.79 Å². The molecule has 2 aromatic heterocycles. The summed E-state index contributed by atoms with van der Waals surface area (Å²) in [5, 5.41) is 0. The average Bonchev–Trinajstić information content (AvgIpc) is 3.10. The zero-order chi connectivity index (χ0) is 16.4. The zero-order valence-electron chi connectivity index (χ0n) is 13.9. The van der Waals surface area contributed by atoms with E-state index in [0.717, 1.165) is 51.3 Å². The number of aryl methyl sites for hydroxylation is 1. The fourth-order valence-electron chi connectivity index (χ4n) is 3.65. The van der Waals surface area contributed by atoms with Gasteiger partial charge in [-0.2, -0.15) is 0 Å². The molecule has 0 bridgehead atoms. The summed E-state index contributed by atoms with van der Waals surface area (Å²) in [5.74, 6) is 0.262. The first kappa shape index (κ1) is 15.3. The molecule has 6 nitrogen and oxygen atoms in total. The van der Waals surface area contributed by atoms with Gasteiger partial charge in [0.2, 0.25) is 5.91 Å². The molecule has 0 aliphatic carbocycles. The van der Waals surface area contributed by atoms with E-state index in [0.29, 0.717) is 13.0 Å². The van der Waals surface area contributed by atoms with E-state index in [4.69, 9.17) is 0 Å². The molecule has 1 fully saturated rings. The second kappa shape index (κ2) is 6.73. The molecule has 2 aromatic rings. The monoisotopic (exact) mass is 325 g/mol. The topological polar surface area (TPSA) is 54.3 Å². The predicted octanol–water partition coefficient (Wildman–Crippen LogP) is 1.81. The molecule has 24 heavy (non-hydrogen) atoms. The number of rotatable bonds is 4. The van der Waals surface area contributed by atoms with Gasteiger partial charge in [0.05, 0.1) is 24.3 Å². The zero-order valence-corrected chi connectivity index (χ0v) is 13.9. The largest absolute Gasteiger partial charge is 0.337 e. The van der Waals surface area contributed by atoms with Crippen LogP contribution in [0.15, 0.2) is 30.9 Å². The summed E-state index contributed by atoms with van der Waals surface area (Å²) >= 11 is 0. The van der Waals surface area contributed by atoms with Crippen molar-refractivity contribution in [3.05, 3.63) is 47.8 Å². The van der Waals surface area contributed by atoms with Gasteiger partial charge in [0, 0.05) is 51.5 Å². The third kappa shape index (κ3) is 3.19. The Morgan fingerprint density at radius 2 is 2.08 bits per heavy atom. The number of fused-ring (bicyclic) bond motifs is 1. The van der Waals surface area contributed by atoms with Gasteiger partial charge in [0.1, 0.15) is 0 Å². The van der Waals surface area contributed by atoms with Gasteiger partial charge in [-0.1, -0.05) is 6.07 Å². The lowest BCUT2D eigenvalue weighted by atomic mass is 10.2. The van der Waals surface area contributed by atoms with Crippen LogP contribution in [0.25, 0.3) is 0 Å². The molecule has 2 aliphatic heterocycles. The van der Waals surface area contributed by atoms with E-state index in [-0.39, 0.29) is 5.91 Å². The molecule has 6 heteroatoms. The molecule has 1 saturated heterocycles. The van der Waals surface area contributed by atoms with Gasteiger partial charge >= 0.3 is 0 Å². The van der Waals surface area contributed by atoms with E-state index in [9.17, 15) is 4.79 Å². The van der Waals surface area contributed by atoms with Crippen molar-refractivity contribution in [2.45, 2.75) is 45.4 Å². The third-order valence-electron chi connectivity index (χ3n) is 4.92. The van der Waals surface area contributed by atoms with Crippen molar-refractivity contribution >= 4 is 5.91 Å². The predicted molar refractivity (Wildman–Crippen MR) is 89.8 cm³/mol. The number of amides is 1. The number of carbonyl (C=O) groups excluding carboxylic acids is 1. The second-order valence-electron chi connectivity index (χ2n) is 6.68. The fraction of sp³-hybridized carbons (Fsp3) is 0.500. The van der Waals surface area contributed by atoms with Gasteiger partial charge in [-0.25, -0.2) is 4.98 Å². The number of imidazole rings is 1. The SMILES string of the molecule is O=C1CCCN1Cc1ncn2c1CN(Cc1cccnc1)CCC2. The quantitative estimate of drug-likeness (QED) is 0.860. The van der Waals surface area contributed by atoms with Crippen LogP contribution < -0.4 is 0 Å². The Balaban J connectivity index is 1.51. The minimum atomic E-state index is 0.262. The minimum absolute atomic E-state index is 0.262. The van der Waals surface area contributed by atoms with E-state index in [1.54, 1.807) is 0 Å². The van der Waals surface area contributed by atoms with Crippen LogP contribution >= 0.6 is 0 Å². The molecular weight excluding hydrogens is 302 g/mol. The Morgan fingerprint density at radius 3 is 2.88 bits per heavy atom. The van der Waals surface area contributed by atoms with E-state index in [2.05, 4.69) is 25.5 Å². The van der Waals surface area contributed by atoms with Crippen molar-refractivity contribution in [3.8, 4) is 0 Å². The van der Waals surface area contributed by atoms with Crippen molar-refractivity contribution in [2.24, 2.45) is 0 Å². The molecule has 0 N–H and O–H groups in total. The van der Waals surface area contributed by atoms with E-state index in [1.807, 2.05) is 29.7 Å². The number of hydrogen-bond donors (Lipinski definition) is 0. The van der Waals surface area contributed by atoms with Crippen molar-refractivity contribution in [1.82, 2.24) is 24.3 Å². The normalized spacial score (nSPS) is 18.7. The number of aromatic nitrogens is 3. The van der Waals surface area contributed by atoms with Gasteiger partial charge < -0.3 is 9.47 Å². The molecule has 0 radical (unpaired) electrons. The molecule has 0 atom stereocenters. The standard InChI is InChI=1S/C18H23N5O/c24-18-5-2-8-22(18)12-16-17-13-21(7-3-9-23(17)14-20-16)11-15-4-1-6-19-10-15/h1,4,6,10,14H,2-3,5,7-9,11-13H2. The number of carbonyl (C=O) groups is 1. The van der Waals surface area contributed by atoms with Crippen LogP contribution in [0.5, 0.6) is 0 Å². The molecule has 1 amide bonds. The highest BCUT2D eigenvalue weighted by Gasteiger charge is 2.24. The second-order valence-corrected chi connectivity index (χ2v) is 6.68. The summed E-state index contributed by atoms with van der Waals surface area (Å²) < 4.78 is 2.26. The summed E-state index contributed by atoms with van der Waals surface area (Å²) in [5.41, 5.74) is 3.56. The van der Waals surface area contributed by atoms with Gasteiger partial charge in [-0.3, -0.25) is 14.7 Å². The highest BCUT2D eigenvalue weighted by atomic mass is 16.2. The van der Waals surface area contributed by atoms with Gasteiger partial charge in [-0.15, -0.1) is 0 Å². The molecule has 4 heterocycles. The lowest BCUT2D eigenvalue weighted by Gasteiger charge is -2.21. The van der Waals surface area contributed by atoms with Crippen LogP contribution in [-0.2, 0) is 31.0 Å². The number of likely N-dealkylation sites (tertiary alicyclic amines) is 1. The molecule has 0 unspecified atom stereocenters. The summed E-state index contributed by atoms with van der Waals surface area (Å²) in [6, 6.07) is 4.11. The smallest absolute Gasteiger partial charge is 0.222 e. The first-order chi connectivity index (χ1) is 11.8. The van der Waals surface area contributed by atoms with Crippen LogP contribution in [0.3, 0.4) is 0 Å². The maximum atomic E-state index is 11.9. The summed E-state index contributed by atoms with van der Waals surface area (Å²) in [4.78, 5) is 25.1. The maximum Gasteiger partial charge on any atom is 0.222 e. The van der Waals surface area contributed by atoms with Crippen LogP contribution in [0, 0.1) is 0 Å². The highest BCUT2D eigenvalue weighted by Crippen LogP contribution is 2.21. The Labute approximate surface area is 142 Å². The molecular formula is C18H23N5O. The Kier molecular flexibility index (Phi) is 4.30. The van der Waals surface area contributed by atoms with E-state index in [1.165, 1.54) is 11.3 Å². The first-order valence-corrected chi connectivity index (χ1v) is 8.71. The highest BCUT2D eigenvalue weighted by molar-refractivity contribution is 5.78. The molecule has 0 saturated carbocycles. The van der Waals surface area contributed by atoms with Crippen molar-refractivity contribution in [1.29, 1.82) is 0 Å². The number of nitrogens with zero attached hydrogens (tertiary/aromatic N) is 5.